The van der Waals surface area contributed by atoms with Crippen LogP contribution in [0.3, 0.4) is 0 Å². The second-order valence-electron chi connectivity index (χ2n) is 3.62. The molecule has 2 aromatic rings. The molecule has 0 unspecified atom stereocenters. The molecule has 0 aliphatic rings. The van der Waals surface area contributed by atoms with Crippen LogP contribution in [0, 0.1) is 11.3 Å². The average molecular weight is 256 g/mol. The lowest BCUT2D eigenvalue weighted by atomic mass is 10.1. The van der Waals surface area contributed by atoms with Gasteiger partial charge in [-0.05, 0) is 29.8 Å². The van der Waals surface area contributed by atoms with Crippen LogP contribution < -0.4 is 4.74 Å². The summed E-state index contributed by atoms with van der Waals surface area (Å²) < 4.78 is 5.12. The van der Waals surface area contributed by atoms with Crippen molar-refractivity contribution in [1.29, 1.82) is 5.26 Å². The molecule has 3 nitrogen and oxygen atoms in total. The maximum Gasteiger partial charge on any atom is 0.136 e. The molecule has 0 radical (unpaired) electrons. The number of thioether (sulfide) groups is 1. The van der Waals surface area contributed by atoms with Crippen molar-refractivity contribution in [3.05, 3.63) is 53.9 Å². The van der Waals surface area contributed by atoms with Gasteiger partial charge in [0.1, 0.15) is 11.8 Å². The summed E-state index contributed by atoms with van der Waals surface area (Å²) in [5.74, 6) is 1.44. The largest absolute Gasteiger partial charge is 0.495 e. The van der Waals surface area contributed by atoms with Crippen LogP contribution in [0.1, 0.15) is 11.1 Å². The van der Waals surface area contributed by atoms with Crippen molar-refractivity contribution in [2.75, 3.05) is 7.11 Å². The predicted molar refractivity (Wildman–Crippen MR) is 71.5 cm³/mol. The summed E-state index contributed by atoms with van der Waals surface area (Å²) in [6.45, 7) is 0. The van der Waals surface area contributed by atoms with E-state index in [1.807, 2.05) is 30.3 Å². The Morgan fingerprint density at radius 2 is 2.06 bits per heavy atom. The number of ether oxygens (including phenoxy) is 1. The number of aromatic nitrogens is 1. The molecule has 0 saturated carbocycles. The fraction of sp³-hybridized carbons (Fsp3) is 0.143. The quantitative estimate of drug-likeness (QED) is 0.788. The minimum absolute atomic E-state index is 0.574. The second-order valence-corrected chi connectivity index (χ2v) is 4.67. The Morgan fingerprint density at radius 3 is 2.72 bits per heavy atom. The van der Waals surface area contributed by atoms with Crippen molar-refractivity contribution in [2.45, 2.75) is 10.6 Å². The zero-order valence-electron chi connectivity index (χ0n) is 9.96. The first-order valence-electron chi connectivity index (χ1n) is 5.43. The molecule has 0 aliphatic heterocycles. The van der Waals surface area contributed by atoms with Crippen LogP contribution in [-0.2, 0) is 5.75 Å². The van der Waals surface area contributed by atoms with E-state index in [2.05, 4.69) is 11.1 Å². The zero-order valence-corrected chi connectivity index (χ0v) is 10.8. The standard InChI is InChI=1S/C14H12N2OS/c1-17-14-3-2-11(8-12(14)9-15)10-18-13-4-6-16-7-5-13/h2-8H,10H2,1H3. The third kappa shape index (κ3) is 3.02. The number of benzene rings is 1. The number of nitrogens with zero attached hydrogens (tertiary/aromatic N) is 2. The topological polar surface area (TPSA) is 45.9 Å². The van der Waals surface area contributed by atoms with Crippen molar-refractivity contribution in [3.8, 4) is 11.8 Å². The minimum atomic E-state index is 0.574. The number of hydrogen-bond donors (Lipinski definition) is 0. The van der Waals surface area contributed by atoms with Gasteiger partial charge in [-0.3, -0.25) is 4.98 Å². The fourth-order valence-corrected chi connectivity index (χ4v) is 2.36. The monoisotopic (exact) mass is 256 g/mol. The summed E-state index contributed by atoms with van der Waals surface area (Å²) in [6, 6.07) is 11.8. The Morgan fingerprint density at radius 1 is 1.28 bits per heavy atom. The van der Waals surface area contributed by atoms with Crippen molar-refractivity contribution in [1.82, 2.24) is 4.98 Å². The van der Waals surface area contributed by atoms with Crippen molar-refractivity contribution >= 4 is 11.8 Å². The maximum absolute atomic E-state index is 9.01. The molecule has 0 N–H and O–H groups in total. The molecule has 0 fully saturated rings. The summed E-state index contributed by atoms with van der Waals surface area (Å²) in [7, 11) is 1.57. The molecule has 90 valence electrons. The van der Waals surface area contributed by atoms with Gasteiger partial charge in [0.25, 0.3) is 0 Å². The van der Waals surface area contributed by atoms with E-state index in [0.29, 0.717) is 11.3 Å². The summed E-state index contributed by atoms with van der Waals surface area (Å²) in [6.07, 6.45) is 3.55. The lowest BCUT2D eigenvalue weighted by Gasteiger charge is -2.05. The highest BCUT2D eigenvalue weighted by molar-refractivity contribution is 7.98. The average Bonchev–Trinajstić information content (AvgIpc) is 2.45. The second kappa shape index (κ2) is 6.08. The third-order valence-electron chi connectivity index (χ3n) is 2.44. The molecular formula is C14H12N2OS. The fourth-order valence-electron chi connectivity index (χ4n) is 1.53. The number of nitriles is 1. The Labute approximate surface area is 110 Å². The summed E-state index contributed by atoms with van der Waals surface area (Å²) in [5.41, 5.74) is 1.68. The Balaban J connectivity index is 2.09. The van der Waals surface area contributed by atoms with Gasteiger partial charge < -0.3 is 4.74 Å². The van der Waals surface area contributed by atoms with Gasteiger partial charge in [-0.25, -0.2) is 0 Å². The van der Waals surface area contributed by atoms with Gasteiger partial charge in [-0.2, -0.15) is 5.26 Å². The number of pyridine rings is 1. The van der Waals surface area contributed by atoms with Gasteiger partial charge >= 0.3 is 0 Å². The highest BCUT2D eigenvalue weighted by Crippen LogP contribution is 2.25. The SMILES string of the molecule is COc1ccc(CSc2ccncc2)cc1C#N. The molecule has 0 atom stereocenters. The lowest BCUT2D eigenvalue weighted by molar-refractivity contribution is 0.413. The van der Waals surface area contributed by atoms with Crippen LogP contribution in [0.4, 0.5) is 0 Å². The highest BCUT2D eigenvalue weighted by Gasteiger charge is 2.04. The van der Waals surface area contributed by atoms with E-state index in [0.717, 1.165) is 11.3 Å². The molecule has 2 rings (SSSR count). The lowest BCUT2D eigenvalue weighted by Crippen LogP contribution is -1.90. The minimum Gasteiger partial charge on any atom is -0.495 e. The van der Waals surface area contributed by atoms with Gasteiger partial charge in [-0.1, -0.05) is 6.07 Å². The van der Waals surface area contributed by atoms with E-state index in [-0.39, 0.29) is 0 Å². The van der Waals surface area contributed by atoms with Crippen LogP contribution in [0.25, 0.3) is 0 Å². The van der Waals surface area contributed by atoms with E-state index in [4.69, 9.17) is 10.00 Å². The van der Waals surface area contributed by atoms with E-state index in [1.54, 1.807) is 31.3 Å². The van der Waals surface area contributed by atoms with Gasteiger partial charge in [-0.15, -0.1) is 11.8 Å². The van der Waals surface area contributed by atoms with Crippen LogP contribution in [0.2, 0.25) is 0 Å². The molecule has 4 heteroatoms. The first-order valence-corrected chi connectivity index (χ1v) is 6.42. The summed E-state index contributed by atoms with van der Waals surface area (Å²) in [5, 5.41) is 9.01. The number of rotatable bonds is 4. The molecule has 18 heavy (non-hydrogen) atoms. The Hall–Kier alpha value is -1.99. The van der Waals surface area contributed by atoms with E-state index in [9.17, 15) is 0 Å². The molecule has 1 heterocycles. The number of hydrogen-bond acceptors (Lipinski definition) is 4. The molecule has 1 aromatic heterocycles. The van der Waals surface area contributed by atoms with Crippen LogP contribution in [0.15, 0.2) is 47.6 Å². The molecule has 1 aromatic carbocycles. The summed E-state index contributed by atoms with van der Waals surface area (Å²) >= 11 is 1.72. The molecular weight excluding hydrogens is 244 g/mol. The van der Waals surface area contributed by atoms with Gasteiger partial charge in [0.15, 0.2) is 0 Å². The van der Waals surface area contributed by atoms with Gasteiger partial charge in [0.05, 0.1) is 12.7 Å². The normalized spacial score (nSPS) is 9.78. The van der Waals surface area contributed by atoms with Gasteiger partial charge in [0, 0.05) is 23.0 Å². The van der Waals surface area contributed by atoms with E-state index < -0.39 is 0 Å². The van der Waals surface area contributed by atoms with Crippen LogP contribution in [0.5, 0.6) is 5.75 Å². The van der Waals surface area contributed by atoms with Crippen molar-refractivity contribution in [3.63, 3.8) is 0 Å². The zero-order chi connectivity index (χ0) is 12.8. The summed E-state index contributed by atoms with van der Waals surface area (Å²) in [4.78, 5) is 5.14. The molecule has 0 saturated heterocycles. The van der Waals surface area contributed by atoms with E-state index in [1.165, 1.54) is 4.90 Å². The Bertz CT molecular complexity index is 564. The Kier molecular flexibility index (Phi) is 4.21. The molecule has 0 aliphatic carbocycles. The smallest absolute Gasteiger partial charge is 0.136 e. The van der Waals surface area contributed by atoms with Gasteiger partial charge in [0.2, 0.25) is 0 Å². The molecule has 0 amide bonds. The maximum atomic E-state index is 9.01. The van der Waals surface area contributed by atoms with Crippen molar-refractivity contribution in [2.24, 2.45) is 0 Å². The third-order valence-corrected chi connectivity index (χ3v) is 3.52. The van der Waals surface area contributed by atoms with E-state index >= 15 is 0 Å². The molecule has 0 bridgehead atoms. The first kappa shape index (κ1) is 12.5. The number of methoxy groups -OCH3 is 1. The predicted octanol–water partition coefficient (Wildman–Crippen LogP) is 3.25. The first-order chi connectivity index (χ1) is 8.83. The van der Waals surface area contributed by atoms with Crippen LogP contribution >= 0.6 is 11.8 Å². The molecule has 0 spiro atoms. The van der Waals surface area contributed by atoms with Crippen LogP contribution in [-0.4, -0.2) is 12.1 Å². The highest BCUT2D eigenvalue weighted by atomic mass is 32.2. The van der Waals surface area contributed by atoms with Crippen molar-refractivity contribution < 1.29 is 4.74 Å².